The van der Waals surface area contributed by atoms with E-state index in [-0.39, 0.29) is 11.8 Å². The zero-order valence-electron chi connectivity index (χ0n) is 19.0. The summed E-state index contributed by atoms with van der Waals surface area (Å²) in [6.45, 7) is 4.90. The van der Waals surface area contributed by atoms with Gasteiger partial charge in [0.2, 0.25) is 0 Å². The maximum absolute atomic E-state index is 13.3. The highest BCUT2D eigenvalue weighted by Gasteiger charge is 2.52. The number of aliphatic carboxylic acids is 1. The van der Waals surface area contributed by atoms with Crippen LogP contribution in [0.3, 0.4) is 0 Å². The number of benzene rings is 2. The normalized spacial score (nSPS) is 17.7. The highest BCUT2D eigenvalue weighted by molar-refractivity contribution is 6.01. The van der Waals surface area contributed by atoms with Gasteiger partial charge < -0.3 is 15.3 Å². The molecule has 2 aliphatic carbocycles. The van der Waals surface area contributed by atoms with Crippen molar-refractivity contribution in [3.63, 3.8) is 0 Å². The molecule has 1 heterocycles. The molecule has 2 N–H and O–H groups in total. The fraction of sp³-hybridized carbons (Fsp3) is 0.370. The summed E-state index contributed by atoms with van der Waals surface area (Å²) in [4.78, 5) is 39.6. The summed E-state index contributed by atoms with van der Waals surface area (Å²) in [5.74, 6) is -1.27. The number of nitrogens with zero attached hydrogens (tertiary/aromatic N) is 1. The van der Waals surface area contributed by atoms with E-state index in [0.29, 0.717) is 37.9 Å². The van der Waals surface area contributed by atoms with E-state index < -0.39 is 11.5 Å². The molecule has 3 aliphatic rings. The van der Waals surface area contributed by atoms with E-state index in [1.54, 1.807) is 0 Å². The molecule has 0 radical (unpaired) electrons. The Hall–Kier alpha value is -3.41. The van der Waals surface area contributed by atoms with E-state index >= 15 is 0 Å². The lowest BCUT2D eigenvalue weighted by molar-refractivity contribution is -0.140. The van der Waals surface area contributed by atoms with Crippen LogP contribution < -0.4 is 5.32 Å². The molecule has 1 fully saturated rings. The van der Waals surface area contributed by atoms with Crippen molar-refractivity contribution in [2.24, 2.45) is 0 Å². The van der Waals surface area contributed by atoms with Gasteiger partial charge in [-0.1, -0.05) is 24.3 Å². The van der Waals surface area contributed by atoms with Crippen molar-refractivity contribution < 1.29 is 19.5 Å². The van der Waals surface area contributed by atoms with E-state index in [1.165, 1.54) is 11.1 Å². The molecule has 2 aromatic carbocycles. The van der Waals surface area contributed by atoms with E-state index in [0.717, 1.165) is 40.7 Å². The molecule has 0 saturated heterocycles. The first-order valence-electron chi connectivity index (χ1n) is 11.6. The third-order valence-corrected chi connectivity index (χ3v) is 7.29. The maximum atomic E-state index is 13.3. The first-order valence-corrected chi connectivity index (χ1v) is 11.6. The lowest BCUT2D eigenvalue weighted by Gasteiger charge is -2.31. The van der Waals surface area contributed by atoms with Gasteiger partial charge in [0.05, 0.1) is 0 Å². The monoisotopic (exact) mass is 444 g/mol. The number of hydrogen-bond acceptors (Lipinski definition) is 3. The van der Waals surface area contributed by atoms with Gasteiger partial charge in [-0.05, 0) is 91.5 Å². The Labute approximate surface area is 193 Å². The van der Waals surface area contributed by atoms with Crippen LogP contribution >= 0.6 is 0 Å². The van der Waals surface area contributed by atoms with Gasteiger partial charge in [-0.3, -0.25) is 9.59 Å². The summed E-state index contributed by atoms with van der Waals surface area (Å²) in [6, 6.07) is 7.94. The fourth-order valence-corrected chi connectivity index (χ4v) is 5.20. The minimum absolute atomic E-state index is 0.0345. The number of aryl methyl sites for hydroxylation is 2. The smallest absolute Gasteiger partial charge is 0.329 e. The van der Waals surface area contributed by atoms with Crippen LogP contribution in [0.5, 0.6) is 0 Å². The standard InChI is InChI=1S/C27H28N2O4/c1-16-13-21-15-29(25(31)20-8-7-18-5-3-4-6-19(18)14-20)12-9-22(21)17(2)23(16)24(30)28-27(10-11-27)26(32)33/h3,5,7-8,13-14H,4,6,9-12,15H2,1-2H3,(H,28,30)(H,32,33). The predicted octanol–water partition coefficient (Wildman–Crippen LogP) is 3.81. The number of carboxylic acid groups (broad SMARTS) is 1. The van der Waals surface area contributed by atoms with E-state index in [4.69, 9.17) is 0 Å². The largest absolute Gasteiger partial charge is 0.480 e. The molecule has 170 valence electrons. The van der Waals surface area contributed by atoms with Crippen LogP contribution in [0.1, 0.15) is 73.4 Å². The Balaban J connectivity index is 1.38. The quantitative estimate of drug-likeness (QED) is 0.751. The van der Waals surface area contributed by atoms with E-state index in [1.807, 2.05) is 43.0 Å². The summed E-state index contributed by atoms with van der Waals surface area (Å²) in [6.07, 6.45) is 7.85. The molecule has 0 aromatic heterocycles. The SMILES string of the molecule is Cc1cc2c(c(C)c1C(=O)NC1(C(=O)O)CC1)CCN(C(=O)c1ccc3c(c1)CCC=C3)C2. The third-order valence-electron chi connectivity index (χ3n) is 7.29. The van der Waals surface area contributed by atoms with Crippen LogP contribution in [0.25, 0.3) is 6.08 Å². The highest BCUT2D eigenvalue weighted by Crippen LogP contribution is 2.37. The molecular formula is C27H28N2O4. The molecule has 0 spiro atoms. The van der Waals surface area contributed by atoms with Crippen molar-refractivity contribution in [2.45, 2.75) is 58.0 Å². The van der Waals surface area contributed by atoms with Gasteiger partial charge in [0, 0.05) is 24.2 Å². The molecule has 6 heteroatoms. The Kier molecular flexibility index (Phi) is 5.11. The van der Waals surface area contributed by atoms with Gasteiger partial charge in [-0.2, -0.15) is 0 Å². The summed E-state index contributed by atoms with van der Waals surface area (Å²) in [7, 11) is 0. The molecular weight excluding hydrogens is 416 g/mol. The highest BCUT2D eigenvalue weighted by atomic mass is 16.4. The van der Waals surface area contributed by atoms with Gasteiger partial charge in [0.1, 0.15) is 5.54 Å². The zero-order chi connectivity index (χ0) is 23.3. The number of fused-ring (bicyclic) bond motifs is 2. The van der Waals surface area contributed by atoms with Crippen molar-refractivity contribution in [3.05, 3.63) is 74.8 Å². The Morgan fingerprint density at radius 1 is 1.06 bits per heavy atom. The molecule has 0 atom stereocenters. The second-order valence-corrected chi connectivity index (χ2v) is 9.50. The van der Waals surface area contributed by atoms with Gasteiger partial charge in [0.25, 0.3) is 11.8 Å². The molecule has 2 aromatic rings. The number of nitrogens with one attached hydrogen (secondary N) is 1. The van der Waals surface area contributed by atoms with Gasteiger partial charge in [-0.15, -0.1) is 0 Å². The summed E-state index contributed by atoms with van der Waals surface area (Å²) < 4.78 is 0. The lowest BCUT2D eigenvalue weighted by Crippen LogP contribution is -2.43. The van der Waals surface area contributed by atoms with Gasteiger partial charge in [-0.25, -0.2) is 4.79 Å². The number of rotatable bonds is 4. The summed E-state index contributed by atoms with van der Waals surface area (Å²) in [5.41, 5.74) is 6.42. The number of carbonyl (C=O) groups excluding carboxylic acids is 2. The Morgan fingerprint density at radius 3 is 2.58 bits per heavy atom. The Bertz CT molecular complexity index is 1220. The average molecular weight is 445 g/mol. The van der Waals surface area contributed by atoms with Crippen molar-refractivity contribution in [1.29, 1.82) is 0 Å². The van der Waals surface area contributed by atoms with Crippen molar-refractivity contribution in [1.82, 2.24) is 10.2 Å². The minimum Gasteiger partial charge on any atom is -0.480 e. The van der Waals surface area contributed by atoms with E-state index in [9.17, 15) is 19.5 Å². The first kappa shape index (κ1) is 21.4. The second kappa shape index (κ2) is 7.87. The van der Waals surface area contributed by atoms with Crippen LogP contribution in [-0.4, -0.2) is 39.9 Å². The van der Waals surface area contributed by atoms with Crippen molar-refractivity contribution >= 4 is 23.9 Å². The fourth-order valence-electron chi connectivity index (χ4n) is 5.20. The average Bonchev–Trinajstić information content (AvgIpc) is 3.58. The van der Waals surface area contributed by atoms with Crippen LogP contribution in [0.4, 0.5) is 0 Å². The molecule has 1 saturated carbocycles. The predicted molar refractivity (Wildman–Crippen MR) is 125 cm³/mol. The van der Waals surface area contributed by atoms with Crippen molar-refractivity contribution in [3.8, 4) is 0 Å². The molecule has 5 rings (SSSR count). The number of carboxylic acids is 1. The topological polar surface area (TPSA) is 86.7 Å². The summed E-state index contributed by atoms with van der Waals surface area (Å²) >= 11 is 0. The summed E-state index contributed by atoms with van der Waals surface area (Å²) in [5, 5.41) is 12.2. The number of carbonyl (C=O) groups is 3. The van der Waals surface area contributed by atoms with Crippen LogP contribution in [0.2, 0.25) is 0 Å². The zero-order valence-corrected chi connectivity index (χ0v) is 19.0. The third kappa shape index (κ3) is 3.73. The minimum atomic E-state index is -1.11. The van der Waals surface area contributed by atoms with Crippen LogP contribution in [0, 0.1) is 13.8 Å². The molecule has 2 amide bonds. The molecule has 0 unspecified atom stereocenters. The Morgan fingerprint density at radius 2 is 1.85 bits per heavy atom. The van der Waals surface area contributed by atoms with Gasteiger partial charge >= 0.3 is 5.97 Å². The second-order valence-electron chi connectivity index (χ2n) is 9.50. The molecule has 0 bridgehead atoms. The van der Waals surface area contributed by atoms with Crippen LogP contribution in [-0.2, 0) is 24.2 Å². The van der Waals surface area contributed by atoms with Gasteiger partial charge in [0.15, 0.2) is 0 Å². The first-order chi connectivity index (χ1) is 15.8. The molecule has 1 aliphatic heterocycles. The number of hydrogen-bond donors (Lipinski definition) is 2. The van der Waals surface area contributed by atoms with E-state index in [2.05, 4.69) is 17.5 Å². The number of allylic oxidation sites excluding steroid dienone is 1. The maximum Gasteiger partial charge on any atom is 0.329 e. The van der Waals surface area contributed by atoms with Crippen LogP contribution in [0.15, 0.2) is 30.3 Å². The van der Waals surface area contributed by atoms with Crippen molar-refractivity contribution in [2.75, 3.05) is 6.54 Å². The molecule has 33 heavy (non-hydrogen) atoms. The number of amides is 2. The lowest BCUT2D eigenvalue weighted by atomic mass is 9.88. The molecule has 6 nitrogen and oxygen atoms in total.